The van der Waals surface area contributed by atoms with Gasteiger partial charge in [-0.1, -0.05) is 11.6 Å². The molecule has 0 aromatic heterocycles. The summed E-state index contributed by atoms with van der Waals surface area (Å²) in [6.07, 6.45) is 3.05. The molecular formula is C6H13N3O. The van der Waals surface area contributed by atoms with Gasteiger partial charge in [0, 0.05) is 12.0 Å². The van der Waals surface area contributed by atoms with Gasteiger partial charge in [0.25, 0.3) is 0 Å². The second kappa shape index (κ2) is 2.46. The van der Waals surface area contributed by atoms with Crippen molar-refractivity contribution in [2.75, 3.05) is 6.54 Å². The molecule has 1 aliphatic rings. The normalized spacial score (nSPS) is 23.9. The van der Waals surface area contributed by atoms with Crippen LogP contribution in [0.4, 0.5) is 0 Å². The number of oxime groups is 1. The van der Waals surface area contributed by atoms with Crippen molar-refractivity contribution in [3.05, 3.63) is 0 Å². The van der Waals surface area contributed by atoms with Crippen LogP contribution in [0.3, 0.4) is 0 Å². The van der Waals surface area contributed by atoms with E-state index in [0.29, 0.717) is 12.4 Å². The van der Waals surface area contributed by atoms with E-state index < -0.39 is 0 Å². The summed E-state index contributed by atoms with van der Waals surface area (Å²) in [4.78, 5) is 0. The van der Waals surface area contributed by atoms with E-state index in [4.69, 9.17) is 16.7 Å². The molecule has 0 saturated heterocycles. The largest absolute Gasteiger partial charge is 0.409 e. The van der Waals surface area contributed by atoms with Gasteiger partial charge in [-0.05, 0) is 12.8 Å². The highest BCUT2D eigenvalue weighted by molar-refractivity contribution is 5.87. The first-order chi connectivity index (χ1) is 4.75. The zero-order valence-corrected chi connectivity index (χ0v) is 5.88. The highest BCUT2D eigenvalue weighted by atomic mass is 16.4. The van der Waals surface area contributed by atoms with Gasteiger partial charge >= 0.3 is 0 Å². The second-order valence-electron chi connectivity index (χ2n) is 2.82. The summed E-state index contributed by atoms with van der Waals surface area (Å²) in [5.41, 5.74) is 10.7. The Kier molecular flexibility index (Phi) is 1.80. The van der Waals surface area contributed by atoms with Crippen LogP contribution in [0.15, 0.2) is 5.16 Å². The molecular weight excluding hydrogens is 130 g/mol. The minimum atomic E-state index is -0.172. The molecule has 0 aliphatic heterocycles. The van der Waals surface area contributed by atoms with Gasteiger partial charge in [-0.25, -0.2) is 0 Å². The van der Waals surface area contributed by atoms with E-state index in [-0.39, 0.29) is 5.41 Å². The summed E-state index contributed by atoms with van der Waals surface area (Å²) in [5.74, 6) is 0.293. The zero-order chi connectivity index (χ0) is 7.61. The van der Waals surface area contributed by atoms with Crippen molar-refractivity contribution in [3.8, 4) is 0 Å². The molecule has 0 aromatic rings. The van der Waals surface area contributed by atoms with Gasteiger partial charge < -0.3 is 16.7 Å². The molecule has 5 N–H and O–H groups in total. The lowest BCUT2D eigenvalue weighted by molar-refractivity contribution is 0.223. The number of nitrogens with zero attached hydrogens (tertiary/aromatic N) is 1. The molecule has 4 nitrogen and oxygen atoms in total. The molecule has 0 aromatic carbocycles. The molecule has 0 heterocycles. The second-order valence-corrected chi connectivity index (χ2v) is 2.82. The number of hydrogen-bond acceptors (Lipinski definition) is 3. The van der Waals surface area contributed by atoms with Crippen molar-refractivity contribution in [3.63, 3.8) is 0 Å². The van der Waals surface area contributed by atoms with E-state index in [2.05, 4.69) is 5.16 Å². The Hall–Kier alpha value is -0.770. The molecule has 0 atom stereocenters. The predicted molar refractivity (Wildman–Crippen MR) is 38.7 cm³/mol. The molecule has 1 aliphatic carbocycles. The standard InChI is InChI=1S/C6H13N3O/c7-4-6(2-1-3-6)5(8)9-10/h10H,1-4,7H2,(H2,8,9). The summed E-state index contributed by atoms with van der Waals surface area (Å²) in [6.45, 7) is 0.489. The zero-order valence-electron chi connectivity index (χ0n) is 5.88. The third-order valence-electron chi connectivity index (χ3n) is 2.35. The van der Waals surface area contributed by atoms with Crippen LogP contribution in [0.5, 0.6) is 0 Å². The van der Waals surface area contributed by atoms with E-state index in [1.54, 1.807) is 0 Å². The maximum atomic E-state index is 8.37. The molecule has 1 fully saturated rings. The van der Waals surface area contributed by atoms with Crippen molar-refractivity contribution < 1.29 is 5.21 Å². The topological polar surface area (TPSA) is 84.6 Å². The van der Waals surface area contributed by atoms with Gasteiger partial charge in [0.15, 0.2) is 0 Å². The third-order valence-corrected chi connectivity index (χ3v) is 2.35. The molecule has 0 amide bonds. The monoisotopic (exact) mass is 143 g/mol. The summed E-state index contributed by atoms with van der Waals surface area (Å²) in [7, 11) is 0. The molecule has 1 saturated carbocycles. The highest BCUT2D eigenvalue weighted by Gasteiger charge is 2.39. The van der Waals surface area contributed by atoms with Gasteiger partial charge in [-0.15, -0.1) is 0 Å². The fraction of sp³-hybridized carbons (Fsp3) is 0.833. The Morgan fingerprint density at radius 3 is 2.30 bits per heavy atom. The first-order valence-electron chi connectivity index (χ1n) is 3.43. The van der Waals surface area contributed by atoms with Crippen molar-refractivity contribution in [2.45, 2.75) is 19.3 Å². The van der Waals surface area contributed by atoms with Crippen molar-refractivity contribution >= 4 is 5.84 Å². The lowest BCUT2D eigenvalue weighted by Crippen LogP contribution is -2.48. The summed E-state index contributed by atoms with van der Waals surface area (Å²) < 4.78 is 0. The average molecular weight is 143 g/mol. The fourth-order valence-electron chi connectivity index (χ4n) is 1.27. The van der Waals surface area contributed by atoms with Crippen LogP contribution in [0, 0.1) is 5.41 Å². The molecule has 0 bridgehead atoms. The van der Waals surface area contributed by atoms with Crippen LogP contribution in [0.25, 0.3) is 0 Å². The molecule has 0 spiro atoms. The first kappa shape index (κ1) is 7.34. The lowest BCUT2D eigenvalue weighted by Gasteiger charge is -2.39. The van der Waals surface area contributed by atoms with Crippen LogP contribution < -0.4 is 11.5 Å². The van der Waals surface area contributed by atoms with E-state index in [1.165, 1.54) is 0 Å². The van der Waals surface area contributed by atoms with Gasteiger partial charge in [-0.2, -0.15) is 0 Å². The third kappa shape index (κ3) is 0.844. The summed E-state index contributed by atoms with van der Waals surface area (Å²) in [6, 6.07) is 0. The van der Waals surface area contributed by atoms with Crippen molar-refractivity contribution in [1.82, 2.24) is 0 Å². The van der Waals surface area contributed by atoms with Gasteiger partial charge in [0.2, 0.25) is 0 Å². The Balaban J connectivity index is 2.64. The van der Waals surface area contributed by atoms with Crippen LogP contribution >= 0.6 is 0 Å². The van der Waals surface area contributed by atoms with Crippen molar-refractivity contribution in [1.29, 1.82) is 0 Å². The maximum absolute atomic E-state index is 8.37. The Labute approximate surface area is 59.9 Å². The number of nitrogens with two attached hydrogens (primary N) is 2. The van der Waals surface area contributed by atoms with Gasteiger partial charge in [-0.3, -0.25) is 0 Å². The lowest BCUT2D eigenvalue weighted by atomic mass is 9.68. The predicted octanol–water partition coefficient (Wildman–Crippen LogP) is -0.138. The van der Waals surface area contributed by atoms with E-state index in [9.17, 15) is 0 Å². The Bertz CT molecular complexity index is 146. The SMILES string of the molecule is NCC1(C(N)=NO)CCC1. The average Bonchev–Trinajstić information content (AvgIpc) is 1.86. The first-order valence-corrected chi connectivity index (χ1v) is 3.43. The molecule has 4 heteroatoms. The molecule has 0 unspecified atom stereocenters. The van der Waals surface area contributed by atoms with Crippen LogP contribution in [-0.2, 0) is 0 Å². The van der Waals surface area contributed by atoms with Gasteiger partial charge in [0.1, 0.15) is 5.84 Å². The quantitative estimate of drug-likeness (QED) is 0.218. The van der Waals surface area contributed by atoms with Crippen molar-refractivity contribution in [2.24, 2.45) is 22.0 Å². The van der Waals surface area contributed by atoms with Gasteiger partial charge in [0.05, 0.1) is 0 Å². The van der Waals surface area contributed by atoms with E-state index in [0.717, 1.165) is 19.3 Å². The number of rotatable bonds is 2. The molecule has 10 heavy (non-hydrogen) atoms. The Morgan fingerprint density at radius 2 is 2.20 bits per heavy atom. The summed E-state index contributed by atoms with van der Waals surface area (Å²) in [5, 5.41) is 11.3. The Morgan fingerprint density at radius 1 is 1.60 bits per heavy atom. The molecule has 1 rings (SSSR count). The van der Waals surface area contributed by atoms with E-state index in [1.807, 2.05) is 0 Å². The smallest absolute Gasteiger partial charge is 0.146 e. The minimum Gasteiger partial charge on any atom is -0.409 e. The van der Waals surface area contributed by atoms with E-state index >= 15 is 0 Å². The number of hydrogen-bond donors (Lipinski definition) is 3. The van der Waals surface area contributed by atoms with Crippen LogP contribution in [0.2, 0.25) is 0 Å². The minimum absolute atomic E-state index is 0.172. The fourth-order valence-corrected chi connectivity index (χ4v) is 1.27. The molecule has 58 valence electrons. The maximum Gasteiger partial charge on any atom is 0.146 e. The van der Waals surface area contributed by atoms with Crippen LogP contribution in [0.1, 0.15) is 19.3 Å². The summed E-state index contributed by atoms with van der Waals surface area (Å²) >= 11 is 0. The number of amidine groups is 1. The molecule has 0 radical (unpaired) electrons. The highest BCUT2D eigenvalue weighted by Crippen LogP contribution is 2.39. The van der Waals surface area contributed by atoms with Crippen LogP contribution in [-0.4, -0.2) is 17.6 Å².